The molecule has 0 saturated heterocycles. The summed E-state index contributed by atoms with van der Waals surface area (Å²) in [6.45, 7) is 0.311. The fourth-order valence-electron chi connectivity index (χ4n) is 2.65. The zero-order valence-corrected chi connectivity index (χ0v) is 16.6. The number of nitrogens with one attached hydrogen (secondary N) is 2. The molecule has 0 aliphatic heterocycles. The van der Waals surface area contributed by atoms with Crippen molar-refractivity contribution in [2.24, 2.45) is 0 Å². The van der Waals surface area contributed by atoms with E-state index in [1.54, 1.807) is 0 Å². The van der Waals surface area contributed by atoms with Gasteiger partial charge >= 0.3 is 0 Å². The summed E-state index contributed by atoms with van der Waals surface area (Å²) in [4.78, 5) is 17.1. The maximum Gasteiger partial charge on any atom is 0.251 e. The number of benzene rings is 2. The third-order valence-corrected chi connectivity index (χ3v) is 6.81. The molecule has 144 valence electrons. The normalized spacial score (nSPS) is 14.0. The molecule has 0 spiro atoms. The van der Waals surface area contributed by atoms with Crippen LogP contribution in [0.25, 0.3) is 10.6 Å². The van der Waals surface area contributed by atoms with Gasteiger partial charge in [-0.3, -0.25) is 4.79 Å². The van der Waals surface area contributed by atoms with Crippen molar-refractivity contribution < 1.29 is 13.2 Å². The fourth-order valence-corrected chi connectivity index (χ4v) is 4.78. The zero-order chi connectivity index (χ0) is 19.6. The molecule has 4 rings (SSSR count). The molecule has 1 aliphatic rings. The van der Waals surface area contributed by atoms with Crippen LogP contribution in [0.3, 0.4) is 0 Å². The van der Waals surface area contributed by atoms with Crippen LogP contribution in [0.15, 0.2) is 64.9 Å². The first-order valence-corrected chi connectivity index (χ1v) is 11.3. The Labute approximate surface area is 167 Å². The number of aromatic nitrogens is 1. The van der Waals surface area contributed by atoms with Crippen molar-refractivity contribution in [2.45, 2.75) is 30.3 Å². The van der Waals surface area contributed by atoms with Crippen LogP contribution in [0.4, 0.5) is 0 Å². The van der Waals surface area contributed by atoms with Gasteiger partial charge in [-0.25, -0.2) is 18.1 Å². The molecule has 0 bridgehead atoms. The quantitative estimate of drug-likeness (QED) is 0.623. The Balaban J connectivity index is 1.37. The molecule has 8 heteroatoms. The molecule has 1 amide bonds. The summed E-state index contributed by atoms with van der Waals surface area (Å²) in [5.74, 6) is -0.270. The summed E-state index contributed by atoms with van der Waals surface area (Å²) < 4.78 is 27.0. The average Bonchev–Trinajstić information content (AvgIpc) is 3.39. The maximum absolute atomic E-state index is 12.3. The number of thiazole rings is 1. The number of rotatable bonds is 7. The van der Waals surface area contributed by atoms with Crippen molar-refractivity contribution in [3.63, 3.8) is 0 Å². The molecule has 1 aromatic heterocycles. The first-order valence-electron chi connectivity index (χ1n) is 8.92. The summed E-state index contributed by atoms with van der Waals surface area (Å²) in [5, 5.41) is 5.64. The molecule has 1 fully saturated rings. The van der Waals surface area contributed by atoms with Gasteiger partial charge in [0.25, 0.3) is 5.91 Å². The van der Waals surface area contributed by atoms with E-state index in [0.29, 0.717) is 12.1 Å². The Morgan fingerprint density at radius 2 is 1.79 bits per heavy atom. The molecule has 2 N–H and O–H groups in total. The number of amides is 1. The van der Waals surface area contributed by atoms with Gasteiger partial charge in [0.05, 0.1) is 17.1 Å². The second kappa shape index (κ2) is 7.83. The summed E-state index contributed by atoms with van der Waals surface area (Å²) in [6.07, 6.45) is 1.75. The highest BCUT2D eigenvalue weighted by Gasteiger charge is 2.27. The van der Waals surface area contributed by atoms with Crippen molar-refractivity contribution in [1.82, 2.24) is 15.0 Å². The predicted molar refractivity (Wildman–Crippen MR) is 109 cm³/mol. The summed E-state index contributed by atoms with van der Waals surface area (Å²) in [6, 6.07) is 15.9. The Hall–Kier alpha value is -2.55. The highest BCUT2D eigenvalue weighted by atomic mass is 32.2. The maximum atomic E-state index is 12.3. The molecule has 0 atom stereocenters. The molecule has 6 nitrogen and oxygen atoms in total. The van der Waals surface area contributed by atoms with Crippen molar-refractivity contribution in [1.29, 1.82) is 0 Å². The van der Waals surface area contributed by atoms with E-state index in [2.05, 4.69) is 15.0 Å². The average molecular weight is 414 g/mol. The zero-order valence-electron chi connectivity index (χ0n) is 15.0. The van der Waals surface area contributed by atoms with Crippen LogP contribution in [-0.2, 0) is 16.6 Å². The van der Waals surface area contributed by atoms with Gasteiger partial charge in [-0.15, -0.1) is 11.3 Å². The number of hydrogen-bond donors (Lipinski definition) is 2. The fraction of sp³-hybridized carbons (Fsp3) is 0.200. The lowest BCUT2D eigenvalue weighted by atomic mass is 10.2. The number of carbonyl (C=O) groups excluding carboxylic acids is 1. The van der Waals surface area contributed by atoms with Gasteiger partial charge in [-0.05, 0) is 37.1 Å². The topological polar surface area (TPSA) is 88.2 Å². The molecule has 1 heterocycles. The Morgan fingerprint density at radius 1 is 1.07 bits per heavy atom. The lowest BCUT2D eigenvalue weighted by Crippen LogP contribution is -2.26. The first-order chi connectivity index (χ1) is 13.5. The van der Waals surface area contributed by atoms with Crippen molar-refractivity contribution in [3.8, 4) is 10.6 Å². The minimum atomic E-state index is -3.51. The molecule has 28 heavy (non-hydrogen) atoms. The van der Waals surface area contributed by atoms with E-state index in [-0.39, 0.29) is 16.8 Å². The smallest absolute Gasteiger partial charge is 0.251 e. The van der Waals surface area contributed by atoms with E-state index >= 15 is 0 Å². The lowest BCUT2D eigenvalue weighted by molar-refractivity contribution is 0.0950. The minimum absolute atomic E-state index is 0.0480. The van der Waals surface area contributed by atoms with E-state index in [1.807, 2.05) is 35.7 Å². The van der Waals surface area contributed by atoms with Crippen LogP contribution in [0.1, 0.15) is 28.9 Å². The van der Waals surface area contributed by atoms with E-state index in [1.165, 1.54) is 35.6 Å². The minimum Gasteiger partial charge on any atom is -0.346 e. The molecule has 0 radical (unpaired) electrons. The Morgan fingerprint density at radius 3 is 2.46 bits per heavy atom. The van der Waals surface area contributed by atoms with Crippen LogP contribution in [-0.4, -0.2) is 25.4 Å². The summed E-state index contributed by atoms with van der Waals surface area (Å²) in [5.41, 5.74) is 2.23. The van der Waals surface area contributed by atoms with E-state index in [9.17, 15) is 13.2 Å². The highest BCUT2D eigenvalue weighted by Crippen LogP contribution is 2.24. The molecule has 1 saturated carbocycles. The van der Waals surface area contributed by atoms with Crippen molar-refractivity contribution >= 4 is 27.3 Å². The lowest BCUT2D eigenvalue weighted by Gasteiger charge is -2.07. The molecule has 1 aliphatic carbocycles. The number of carbonyl (C=O) groups is 1. The highest BCUT2D eigenvalue weighted by molar-refractivity contribution is 7.89. The van der Waals surface area contributed by atoms with Crippen LogP contribution in [0, 0.1) is 0 Å². The van der Waals surface area contributed by atoms with Gasteiger partial charge in [0.2, 0.25) is 10.0 Å². The molecule has 2 aromatic carbocycles. The second-order valence-corrected chi connectivity index (χ2v) is 9.18. The van der Waals surface area contributed by atoms with Crippen LogP contribution < -0.4 is 10.0 Å². The van der Waals surface area contributed by atoms with Gasteiger partial charge in [0.1, 0.15) is 5.01 Å². The van der Waals surface area contributed by atoms with Crippen LogP contribution in [0.2, 0.25) is 0 Å². The first kappa shape index (κ1) is 18.8. The number of sulfonamides is 1. The SMILES string of the molecule is O=C(NCc1csc(-c2ccccc2)n1)c1ccc(S(=O)(=O)NC2CC2)cc1. The van der Waals surface area contributed by atoms with Gasteiger partial charge in [0, 0.05) is 22.5 Å². The van der Waals surface area contributed by atoms with Crippen molar-refractivity contribution in [2.75, 3.05) is 0 Å². The van der Waals surface area contributed by atoms with Gasteiger partial charge in [0.15, 0.2) is 0 Å². The molecular formula is C20H19N3O3S2. The van der Waals surface area contributed by atoms with Gasteiger partial charge in [-0.1, -0.05) is 30.3 Å². The van der Waals surface area contributed by atoms with Crippen LogP contribution >= 0.6 is 11.3 Å². The molecule has 0 unspecified atom stereocenters. The third-order valence-electron chi connectivity index (χ3n) is 4.33. The predicted octanol–water partition coefficient (Wildman–Crippen LogP) is 3.18. The third kappa shape index (κ3) is 4.46. The largest absolute Gasteiger partial charge is 0.346 e. The monoisotopic (exact) mass is 413 g/mol. The molecular weight excluding hydrogens is 394 g/mol. The number of hydrogen-bond acceptors (Lipinski definition) is 5. The number of nitrogens with zero attached hydrogens (tertiary/aromatic N) is 1. The van der Waals surface area contributed by atoms with E-state index < -0.39 is 10.0 Å². The van der Waals surface area contributed by atoms with E-state index in [4.69, 9.17) is 0 Å². The second-order valence-electron chi connectivity index (χ2n) is 6.61. The van der Waals surface area contributed by atoms with E-state index in [0.717, 1.165) is 29.1 Å². The standard InChI is InChI=1S/C20H19N3O3S2/c24-19(14-6-10-18(11-7-14)28(25,26)23-16-8-9-16)21-12-17-13-27-20(22-17)15-4-2-1-3-5-15/h1-7,10-11,13,16,23H,8-9,12H2,(H,21,24). The van der Waals surface area contributed by atoms with Crippen LogP contribution in [0.5, 0.6) is 0 Å². The summed E-state index contributed by atoms with van der Waals surface area (Å²) in [7, 11) is -3.51. The van der Waals surface area contributed by atoms with Gasteiger partial charge < -0.3 is 5.32 Å². The summed E-state index contributed by atoms with van der Waals surface area (Å²) >= 11 is 1.53. The molecule has 3 aromatic rings. The van der Waals surface area contributed by atoms with Gasteiger partial charge in [-0.2, -0.15) is 0 Å². The Kier molecular flexibility index (Phi) is 5.25. The van der Waals surface area contributed by atoms with Crippen molar-refractivity contribution in [3.05, 3.63) is 71.2 Å². The Bertz CT molecular complexity index is 1070.